The predicted molar refractivity (Wildman–Crippen MR) is 100.0 cm³/mol. The summed E-state index contributed by atoms with van der Waals surface area (Å²) in [4.78, 5) is 19.0. The molecule has 130 valence electrons. The first-order valence-corrected chi connectivity index (χ1v) is 8.89. The molecule has 0 radical (unpaired) electrons. The van der Waals surface area contributed by atoms with Gasteiger partial charge < -0.3 is 4.42 Å². The van der Waals surface area contributed by atoms with E-state index >= 15 is 0 Å². The van der Waals surface area contributed by atoms with Gasteiger partial charge in [0.2, 0.25) is 0 Å². The number of anilines is 1. The SMILES string of the molecule is Cc1ccc(C(=O)N(Cc2ccco2)c2nc3c(F)cccc3s2)cc1. The van der Waals surface area contributed by atoms with Gasteiger partial charge in [-0.25, -0.2) is 9.37 Å². The maximum Gasteiger partial charge on any atom is 0.260 e. The number of aryl methyl sites for hydroxylation is 1. The van der Waals surface area contributed by atoms with Crippen molar-refractivity contribution < 1.29 is 13.6 Å². The Labute approximate surface area is 153 Å². The van der Waals surface area contributed by atoms with Crippen LogP contribution in [0.3, 0.4) is 0 Å². The van der Waals surface area contributed by atoms with Crippen LogP contribution in [-0.2, 0) is 6.54 Å². The van der Waals surface area contributed by atoms with Gasteiger partial charge in [0.15, 0.2) is 5.13 Å². The Balaban J connectivity index is 1.77. The molecule has 2 aromatic carbocycles. The molecule has 26 heavy (non-hydrogen) atoms. The summed E-state index contributed by atoms with van der Waals surface area (Å²) in [5.41, 5.74) is 1.89. The Hall–Kier alpha value is -2.99. The minimum atomic E-state index is -0.397. The van der Waals surface area contributed by atoms with Gasteiger partial charge in [-0.2, -0.15) is 0 Å². The van der Waals surface area contributed by atoms with Crippen molar-refractivity contribution in [3.05, 3.63) is 83.6 Å². The summed E-state index contributed by atoms with van der Waals surface area (Å²) in [6.07, 6.45) is 1.56. The molecule has 0 saturated carbocycles. The van der Waals surface area contributed by atoms with Crippen LogP contribution in [0.2, 0.25) is 0 Å². The topological polar surface area (TPSA) is 46.3 Å². The van der Waals surface area contributed by atoms with Crippen LogP contribution in [0.5, 0.6) is 0 Å². The number of nitrogens with zero attached hydrogens (tertiary/aromatic N) is 2. The minimum Gasteiger partial charge on any atom is -0.467 e. The molecule has 4 nitrogen and oxygen atoms in total. The maximum atomic E-state index is 14.0. The zero-order valence-electron chi connectivity index (χ0n) is 14.0. The Morgan fingerprint density at radius 3 is 2.65 bits per heavy atom. The summed E-state index contributed by atoms with van der Waals surface area (Å²) in [6, 6.07) is 15.7. The number of para-hydroxylation sites is 1. The standard InChI is InChI=1S/C20H15FN2O2S/c1-13-7-9-14(10-8-13)19(24)23(12-15-4-3-11-25-15)20-22-18-16(21)5-2-6-17(18)26-20/h2-11H,12H2,1H3. The van der Waals surface area contributed by atoms with Gasteiger partial charge in [0.25, 0.3) is 5.91 Å². The Morgan fingerprint density at radius 2 is 1.96 bits per heavy atom. The average molecular weight is 366 g/mol. The highest BCUT2D eigenvalue weighted by molar-refractivity contribution is 7.22. The lowest BCUT2D eigenvalue weighted by atomic mass is 10.1. The summed E-state index contributed by atoms with van der Waals surface area (Å²) in [7, 11) is 0. The number of fused-ring (bicyclic) bond motifs is 1. The Kier molecular flexibility index (Phi) is 4.26. The number of furan rings is 1. The van der Waals surface area contributed by atoms with Crippen LogP contribution < -0.4 is 4.90 Å². The molecule has 0 aliphatic carbocycles. The number of hydrogen-bond donors (Lipinski definition) is 0. The molecule has 0 aliphatic heterocycles. The van der Waals surface area contributed by atoms with E-state index in [4.69, 9.17) is 4.42 Å². The van der Waals surface area contributed by atoms with Crippen molar-refractivity contribution in [1.82, 2.24) is 4.98 Å². The number of amides is 1. The van der Waals surface area contributed by atoms with Crippen molar-refractivity contribution in [2.45, 2.75) is 13.5 Å². The monoisotopic (exact) mass is 366 g/mol. The third-order valence-electron chi connectivity index (χ3n) is 4.03. The number of aromatic nitrogens is 1. The molecule has 0 aliphatic rings. The summed E-state index contributed by atoms with van der Waals surface area (Å²) in [5, 5.41) is 0.437. The third kappa shape index (κ3) is 3.11. The molecule has 1 amide bonds. The first-order valence-electron chi connectivity index (χ1n) is 8.08. The zero-order valence-corrected chi connectivity index (χ0v) is 14.8. The molecule has 0 unspecified atom stereocenters. The summed E-state index contributed by atoms with van der Waals surface area (Å²) in [5.74, 6) is 0.0248. The van der Waals surface area contributed by atoms with E-state index in [0.29, 0.717) is 21.2 Å². The summed E-state index contributed by atoms with van der Waals surface area (Å²) >= 11 is 1.28. The number of thiazole rings is 1. The van der Waals surface area contributed by atoms with E-state index in [1.54, 1.807) is 42.7 Å². The smallest absolute Gasteiger partial charge is 0.260 e. The van der Waals surface area contributed by atoms with Crippen molar-refractivity contribution in [2.24, 2.45) is 0 Å². The van der Waals surface area contributed by atoms with Crippen LogP contribution in [0, 0.1) is 12.7 Å². The molecule has 4 aromatic rings. The van der Waals surface area contributed by atoms with Crippen LogP contribution in [0.4, 0.5) is 9.52 Å². The lowest BCUT2D eigenvalue weighted by Gasteiger charge is -2.18. The van der Waals surface area contributed by atoms with Crippen LogP contribution >= 0.6 is 11.3 Å². The highest BCUT2D eigenvalue weighted by Crippen LogP contribution is 2.32. The van der Waals surface area contributed by atoms with Crippen molar-refractivity contribution in [1.29, 1.82) is 0 Å². The molecule has 4 rings (SSSR count). The molecular weight excluding hydrogens is 351 g/mol. The van der Waals surface area contributed by atoms with Crippen LogP contribution in [0.1, 0.15) is 21.7 Å². The van der Waals surface area contributed by atoms with E-state index in [1.165, 1.54) is 22.3 Å². The van der Waals surface area contributed by atoms with Gasteiger partial charge in [0, 0.05) is 5.56 Å². The largest absolute Gasteiger partial charge is 0.467 e. The number of halogens is 1. The van der Waals surface area contributed by atoms with Crippen molar-refractivity contribution in [2.75, 3.05) is 4.90 Å². The lowest BCUT2D eigenvalue weighted by Crippen LogP contribution is -2.30. The van der Waals surface area contributed by atoms with E-state index in [2.05, 4.69) is 4.98 Å². The van der Waals surface area contributed by atoms with Gasteiger partial charge >= 0.3 is 0 Å². The van der Waals surface area contributed by atoms with E-state index < -0.39 is 5.82 Å². The number of carbonyl (C=O) groups excluding carboxylic acids is 1. The lowest BCUT2D eigenvalue weighted by molar-refractivity contribution is 0.0983. The van der Waals surface area contributed by atoms with Crippen molar-refractivity contribution in [3.8, 4) is 0 Å². The molecule has 0 spiro atoms. The molecule has 2 heterocycles. The quantitative estimate of drug-likeness (QED) is 0.500. The van der Waals surface area contributed by atoms with Crippen LogP contribution in [0.15, 0.2) is 65.3 Å². The molecule has 0 saturated heterocycles. The minimum absolute atomic E-state index is 0.208. The van der Waals surface area contributed by atoms with E-state index in [0.717, 1.165) is 5.56 Å². The fourth-order valence-electron chi connectivity index (χ4n) is 2.66. The predicted octanol–water partition coefficient (Wildman–Crippen LogP) is 5.18. The van der Waals surface area contributed by atoms with Gasteiger partial charge in [-0.3, -0.25) is 9.69 Å². The normalized spacial score (nSPS) is 11.0. The molecule has 6 heteroatoms. The molecule has 0 bridgehead atoms. The summed E-state index contributed by atoms with van der Waals surface area (Å²) in [6.45, 7) is 2.19. The van der Waals surface area contributed by atoms with E-state index in [9.17, 15) is 9.18 Å². The van der Waals surface area contributed by atoms with Gasteiger partial charge in [-0.15, -0.1) is 0 Å². The fourth-order valence-corrected chi connectivity index (χ4v) is 3.63. The van der Waals surface area contributed by atoms with E-state index in [1.807, 2.05) is 19.1 Å². The highest BCUT2D eigenvalue weighted by Gasteiger charge is 2.23. The Morgan fingerprint density at radius 1 is 1.15 bits per heavy atom. The first-order chi connectivity index (χ1) is 12.6. The maximum absolute atomic E-state index is 14.0. The molecule has 0 fully saturated rings. The van der Waals surface area contributed by atoms with Crippen molar-refractivity contribution in [3.63, 3.8) is 0 Å². The third-order valence-corrected chi connectivity index (χ3v) is 5.07. The number of benzene rings is 2. The highest BCUT2D eigenvalue weighted by atomic mass is 32.1. The van der Waals surface area contributed by atoms with Gasteiger partial charge in [0.1, 0.15) is 17.1 Å². The van der Waals surface area contributed by atoms with Gasteiger partial charge in [0.05, 0.1) is 17.5 Å². The number of rotatable bonds is 4. The van der Waals surface area contributed by atoms with Gasteiger partial charge in [-0.1, -0.05) is 35.1 Å². The summed E-state index contributed by atoms with van der Waals surface area (Å²) < 4.78 is 20.1. The van der Waals surface area contributed by atoms with Crippen LogP contribution in [0.25, 0.3) is 10.2 Å². The fraction of sp³-hybridized carbons (Fsp3) is 0.100. The average Bonchev–Trinajstić information content (AvgIpc) is 3.30. The molecule has 0 N–H and O–H groups in total. The first kappa shape index (κ1) is 16.5. The van der Waals surface area contributed by atoms with Gasteiger partial charge in [-0.05, 0) is 43.3 Å². The number of hydrogen-bond acceptors (Lipinski definition) is 4. The zero-order chi connectivity index (χ0) is 18.1. The number of carbonyl (C=O) groups is 1. The molecule has 2 aromatic heterocycles. The molecule has 0 atom stereocenters. The van der Waals surface area contributed by atoms with Crippen LogP contribution in [-0.4, -0.2) is 10.9 Å². The Bertz CT molecular complexity index is 1060. The second kappa shape index (κ2) is 6.72. The van der Waals surface area contributed by atoms with Crippen molar-refractivity contribution >= 4 is 32.6 Å². The second-order valence-corrected chi connectivity index (χ2v) is 6.93. The van der Waals surface area contributed by atoms with E-state index in [-0.39, 0.29) is 18.0 Å². The second-order valence-electron chi connectivity index (χ2n) is 5.92. The molecular formula is C20H15FN2O2S.